The Hall–Kier alpha value is -2.18. The van der Waals surface area contributed by atoms with E-state index >= 15 is 0 Å². The van der Waals surface area contributed by atoms with Gasteiger partial charge in [0.15, 0.2) is 5.76 Å². The maximum atomic E-state index is 11.1. The van der Waals surface area contributed by atoms with Gasteiger partial charge in [-0.25, -0.2) is 0 Å². The summed E-state index contributed by atoms with van der Waals surface area (Å²) in [5.74, 6) is -0.240. The monoisotopic (exact) mass is 287 g/mol. The Balaban J connectivity index is 1.68. The molecule has 110 valence electrons. The predicted molar refractivity (Wildman–Crippen MR) is 76.4 cm³/mol. The summed E-state index contributed by atoms with van der Waals surface area (Å²) in [4.78, 5) is 13.1. The Bertz CT molecular complexity index is 641. The van der Waals surface area contributed by atoms with Crippen LogP contribution in [0.25, 0.3) is 11.3 Å². The second-order valence-corrected chi connectivity index (χ2v) is 5.47. The summed E-state index contributed by atoms with van der Waals surface area (Å²) in [5.41, 5.74) is 6.48. The lowest BCUT2D eigenvalue weighted by molar-refractivity contribution is -0.142. The van der Waals surface area contributed by atoms with Crippen molar-refractivity contribution in [3.8, 4) is 11.3 Å². The number of carbonyl (C=O) groups is 1. The highest BCUT2D eigenvalue weighted by atomic mass is 16.5. The lowest BCUT2D eigenvalue weighted by Crippen LogP contribution is -2.49. The van der Waals surface area contributed by atoms with E-state index in [1.807, 2.05) is 41.3 Å². The molecule has 0 radical (unpaired) electrons. The van der Waals surface area contributed by atoms with Crippen molar-refractivity contribution in [2.24, 2.45) is 5.73 Å². The third-order valence-corrected chi connectivity index (χ3v) is 3.81. The van der Waals surface area contributed by atoms with Crippen molar-refractivity contribution in [2.45, 2.75) is 18.5 Å². The van der Waals surface area contributed by atoms with Crippen molar-refractivity contribution in [1.82, 2.24) is 10.1 Å². The van der Waals surface area contributed by atoms with Gasteiger partial charge in [-0.15, -0.1) is 0 Å². The highest BCUT2D eigenvalue weighted by molar-refractivity contribution is 5.79. The molecule has 3 rings (SSSR count). The molecule has 6 nitrogen and oxygen atoms in total. The number of carboxylic acid groups (broad SMARTS) is 1. The van der Waals surface area contributed by atoms with Gasteiger partial charge in [0, 0.05) is 24.7 Å². The number of rotatable bonds is 4. The van der Waals surface area contributed by atoms with E-state index in [1.165, 1.54) is 0 Å². The second kappa shape index (κ2) is 5.31. The summed E-state index contributed by atoms with van der Waals surface area (Å²) in [6.45, 7) is 1.49. The molecule has 0 bridgehead atoms. The second-order valence-electron chi connectivity index (χ2n) is 5.47. The maximum absolute atomic E-state index is 11.1. The normalized spacial score (nSPS) is 22.5. The van der Waals surface area contributed by atoms with Gasteiger partial charge in [-0.05, 0) is 6.42 Å². The average Bonchev–Trinajstić information content (AvgIpc) is 3.08. The molecule has 21 heavy (non-hydrogen) atoms. The molecule has 0 amide bonds. The summed E-state index contributed by atoms with van der Waals surface area (Å²) >= 11 is 0. The van der Waals surface area contributed by atoms with Crippen LogP contribution in [0.3, 0.4) is 0 Å². The molecular weight excluding hydrogens is 270 g/mol. The van der Waals surface area contributed by atoms with Crippen LogP contribution in [0.4, 0.5) is 0 Å². The van der Waals surface area contributed by atoms with Crippen LogP contribution in [-0.4, -0.2) is 39.8 Å². The van der Waals surface area contributed by atoms with Gasteiger partial charge < -0.3 is 15.4 Å². The summed E-state index contributed by atoms with van der Waals surface area (Å²) in [6.07, 6.45) is 0.446. The zero-order valence-electron chi connectivity index (χ0n) is 11.5. The minimum absolute atomic E-state index is 0.323. The van der Waals surface area contributed by atoms with Gasteiger partial charge in [-0.1, -0.05) is 35.5 Å². The molecule has 1 aromatic heterocycles. The van der Waals surface area contributed by atoms with Crippen molar-refractivity contribution in [1.29, 1.82) is 0 Å². The molecule has 1 atom stereocenters. The Morgan fingerprint density at radius 1 is 1.43 bits per heavy atom. The number of likely N-dealkylation sites (tertiary alicyclic amines) is 1. The number of nitrogens with two attached hydrogens (primary N) is 1. The lowest BCUT2D eigenvalue weighted by atomic mass is 10.0. The standard InChI is InChI=1S/C15H17N3O3/c16-15(14(19)20)6-7-18(10-15)9-12-8-13(17-21-12)11-4-2-1-3-5-11/h1-5,8H,6-7,9-10,16H2,(H,19,20). The van der Waals surface area contributed by atoms with Crippen molar-refractivity contribution >= 4 is 5.97 Å². The van der Waals surface area contributed by atoms with Crippen LogP contribution >= 0.6 is 0 Å². The number of nitrogens with zero attached hydrogens (tertiary/aromatic N) is 2. The Kier molecular flexibility index (Phi) is 3.48. The van der Waals surface area contributed by atoms with Crippen LogP contribution in [0, 0.1) is 0 Å². The maximum Gasteiger partial charge on any atom is 0.325 e. The summed E-state index contributed by atoms with van der Waals surface area (Å²) in [6, 6.07) is 11.6. The summed E-state index contributed by atoms with van der Waals surface area (Å²) in [5, 5.41) is 13.2. The molecule has 1 aliphatic rings. The smallest absolute Gasteiger partial charge is 0.325 e. The number of aromatic nitrogens is 1. The van der Waals surface area contributed by atoms with E-state index in [0.717, 1.165) is 11.3 Å². The van der Waals surface area contributed by atoms with E-state index in [0.29, 0.717) is 31.8 Å². The summed E-state index contributed by atoms with van der Waals surface area (Å²) < 4.78 is 5.33. The first kappa shape index (κ1) is 13.8. The van der Waals surface area contributed by atoms with Crippen molar-refractivity contribution in [3.05, 3.63) is 42.2 Å². The van der Waals surface area contributed by atoms with E-state index < -0.39 is 11.5 Å². The first-order valence-electron chi connectivity index (χ1n) is 6.82. The minimum atomic E-state index is -1.15. The zero-order chi connectivity index (χ0) is 14.9. The number of hydrogen-bond acceptors (Lipinski definition) is 5. The van der Waals surface area contributed by atoms with E-state index in [9.17, 15) is 4.79 Å². The third-order valence-electron chi connectivity index (χ3n) is 3.81. The Labute approximate surface area is 122 Å². The summed E-state index contributed by atoms with van der Waals surface area (Å²) in [7, 11) is 0. The number of hydrogen-bond donors (Lipinski definition) is 2. The topological polar surface area (TPSA) is 92.6 Å². The molecule has 2 heterocycles. The SMILES string of the molecule is NC1(C(=O)O)CCN(Cc2cc(-c3ccccc3)no2)C1. The highest BCUT2D eigenvalue weighted by Crippen LogP contribution is 2.23. The highest BCUT2D eigenvalue weighted by Gasteiger charge is 2.41. The predicted octanol–water partition coefficient (Wildman–Crippen LogP) is 1.33. The molecule has 2 aromatic rings. The van der Waals surface area contributed by atoms with Crippen LogP contribution in [0.5, 0.6) is 0 Å². The molecule has 0 spiro atoms. The van der Waals surface area contributed by atoms with Gasteiger partial charge in [0.2, 0.25) is 0 Å². The van der Waals surface area contributed by atoms with Crippen molar-refractivity contribution in [2.75, 3.05) is 13.1 Å². The molecule has 0 saturated carbocycles. The largest absolute Gasteiger partial charge is 0.480 e. The molecule has 1 saturated heterocycles. The Morgan fingerprint density at radius 2 is 2.19 bits per heavy atom. The average molecular weight is 287 g/mol. The van der Waals surface area contributed by atoms with Crippen LogP contribution in [0.1, 0.15) is 12.2 Å². The van der Waals surface area contributed by atoms with Crippen molar-refractivity contribution in [3.63, 3.8) is 0 Å². The first-order chi connectivity index (χ1) is 10.1. The van der Waals surface area contributed by atoms with E-state index in [2.05, 4.69) is 5.16 Å². The Morgan fingerprint density at radius 3 is 2.86 bits per heavy atom. The first-order valence-corrected chi connectivity index (χ1v) is 6.82. The van der Waals surface area contributed by atoms with Gasteiger partial charge in [0.1, 0.15) is 11.2 Å². The molecule has 1 aliphatic heterocycles. The lowest BCUT2D eigenvalue weighted by Gasteiger charge is -2.18. The number of aliphatic carboxylic acids is 1. The number of carboxylic acids is 1. The van der Waals surface area contributed by atoms with E-state index in [-0.39, 0.29) is 0 Å². The van der Waals surface area contributed by atoms with Crippen molar-refractivity contribution < 1.29 is 14.4 Å². The van der Waals surface area contributed by atoms with Gasteiger partial charge in [-0.2, -0.15) is 0 Å². The van der Waals surface area contributed by atoms with Crippen LogP contribution in [0.2, 0.25) is 0 Å². The van der Waals surface area contributed by atoms with Gasteiger partial charge in [0.05, 0.1) is 6.54 Å². The van der Waals surface area contributed by atoms with E-state index in [1.54, 1.807) is 0 Å². The third kappa shape index (κ3) is 2.81. The van der Waals surface area contributed by atoms with Gasteiger partial charge in [-0.3, -0.25) is 9.69 Å². The quantitative estimate of drug-likeness (QED) is 0.881. The fraction of sp³-hybridized carbons (Fsp3) is 0.333. The zero-order valence-corrected chi connectivity index (χ0v) is 11.5. The minimum Gasteiger partial charge on any atom is -0.480 e. The number of benzene rings is 1. The fourth-order valence-electron chi connectivity index (χ4n) is 2.58. The van der Waals surface area contributed by atoms with E-state index in [4.69, 9.17) is 15.4 Å². The van der Waals surface area contributed by atoms with Crippen LogP contribution < -0.4 is 5.73 Å². The van der Waals surface area contributed by atoms with Gasteiger partial charge in [0.25, 0.3) is 0 Å². The molecule has 1 fully saturated rings. The molecular formula is C15H17N3O3. The van der Waals surface area contributed by atoms with Crippen LogP contribution in [0.15, 0.2) is 40.9 Å². The molecule has 3 N–H and O–H groups in total. The molecule has 1 aromatic carbocycles. The van der Waals surface area contributed by atoms with Crippen LogP contribution in [-0.2, 0) is 11.3 Å². The molecule has 0 aliphatic carbocycles. The molecule has 1 unspecified atom stereocenters. The van der Waals surface area contributed by atoms with Gasteiger partial charge >= 0.3 is 5.97 Å². The fourth-order valence-corrected chi connectivity index (χ4v) is 2.58. The molecule has 6 heteroatoms.